The molecule has 0 atom stereocenters. The van der Waals surface area contributed by atoms with E-state index >= 15 is 0 Å². The van der Waals surface area contributed by atoms with Crippen LogP contribution in [0.4, 0.5) is 4.79 Å². The molecule has 0 aromatic heterocycles. The third-order valence-corrected chi connectivity index (χ3v) is 3.79. The fourth-order valence-corrected chi connectivity index (χ4v) is 2.37. The SMILES string of the molecule is N#CCCOCC(COCCC#N)(COCCC#N)NC(=O)OCc1ccccc1. The van der Waals surface area contributed by atoms with Crippen LogP contribution in [0.5, 0.6) is 0 Å². The molecule has 0 saturated heterocycles. The number of rotatable bonds is 15. The van der Waals surface area contributed by atoms with Crippen molar-refractivity contribution in [1.82, 2.24) is 5.32 Å². The quantitative estimate of drug-likeness (QED) is 0.432. The first-order chi connectivity index (χ1) is 14.7. The Morgan fingerprint density at radius 1 is 0.833 bits per heavy atom. The van der Waals surface area contributed by atoms with Gasteiger partial charge in [-0.1, -0.05) is 30.3 Å². The molecule has 0 heterocycles. The van der Waals surface area contributed by atoms with Gasteiger partial charge in [0.2, 0.25) is 0 Å². The van der Waals surface area contributed by atoms with Crippen LogP contribution < -0.4 is 5.32 Å². The molecule has 0 fully saturated rings. The average Bonchev–Trinajstić information content (AvgIpc) is 2.77. The van der Waals surface area contributed by atoms with Crippen molar-refractivity contribution in [3.05, 3.63) is 35.9 Å². The summed E-state index contributed by atoms with van der Waals surface area (Å²) in [4.78, 5) is 12.4. The van der Waals surface area contributed by atoms with Gasteiger partial charge in [-0.2, -0.15) is 15.8 Å². The van der Waals surface area contributed by atoms with Crippen LogP contribution >= 0.6 is 0 Å². The third-order valence-electron chi connectivity index (χ3n) is 3.79. The molecule has 1 N–H and O–H groups in total. The van der Waals surface area contributed by atoms with E-state index in [0.29, 0.717) is 0 Å². The van der Waals surface area contributed by atoms with E-state index in [2.05, 4.69) is 5.32 Å². The van der Waals surface area contributed by atoms with Crippen molar-refractivity contribution in [1.29, 1.82) is 15.8 Å². The Bertz CT molecular complexity index is 681. The molecule has 0 unspecified atom stereocenters. The molecule has 0 saturated carbocycles. The van der Waals surface area contributed by atoms with Gasteiger partial charge in [0.1, 0.15) is 12.1 Å². The zero-order valence-electron chi connectivity index (χ0n) is 16.8. The van der Waals surface area contributed by atoms with Crippen LogP contribution in [0.1, 0.15) is 24.8 Å². The summed E-state index contributed by atoms with van der Waals surface area (Å²) in [5, 5.41) is 28.8. The minimum atomic E-state index is -1.10. The Kier molecular flexibility index (Phi) is 13.0. The van der Waals surface area contributed by atoms with E-state index in [1.165, 1.54) is 0 Å². The first-order valence-electron chi connectivity index (χ1n) is 9.49. The zero-order valence-corrected chi connectivity index (χ0v) is 16.8. The second kappa shape index (κ2) is 15.7. The first-order valence-corrected chi connectivity index (χ1v) is 9.49. The highest BCUT2D eigenvalue weighted by Crippen LogP contribution is 2.11. The minimum Gasteiger partial charge on any atom is -0.445 e. The summed E-state index contributed by atoms with van der Waals surface area (Å²) in [6.45, 7) is 0.638. The summed E-state index contributed by atoms with van der Waals surface area (Å²) in [6.07, 6.45) is -0.104. The molecule has 1 aromatic carbocycles. The number of hydrogen-bond acceptors (Lipinski definition) is 8. The molecule has 0 aliphatic heterocycles. The molecule has 0 bridgehead atoms. The molecule has 0 radical (unpaired) electrons. The van der Waals surface area contributed by atoms with Crippen LogP contribution in [0.2, 0.25) is 0 Å². The number of alkyl carbamates (subject to hydrolysis) is 1. The summed E-state index contributed by atoms with van der Waals surface area (Å²) in [5.41, 5.74) is -0.271. The molecule has 1 amide bonds. The first kappa shape index (κ1) is 24.9. The van der Waals surface area contributed by atoms with Crippen molar-refractivity contribution < 1.29 is 23.7 Å². The Balaban J connectivity index is 2.78. The lowest BCUT2D eigenvalue weighted by Crippen LogP contribution is -2.58. The van der Waals surface area contributed by atoms with E-state index in [-0.39, 0.29) is 65.5 Å². The van der Waals surface area contributed by atoms with Crippen LogP contribution in [0.25, 0.3) is 0 Å². The third kappa shape index (κ3) is 11.0. The molecule has 9 nitrogen and oxygen atoms in total. The Morgan fingerprint density at radius 3 is 1.73 bits per heavy atom. The Morgan fingerprint density at radius 2 is 1.30 bits per heavy atom. The fourth-order valence-electron chi connectivity index (χ4n) is 2.37. The van der Waals surface area contributed by atoms with Gasteiger partial charge >= 0.3 is 6.09 Å². The second-order valence-electron chi connectivity index (χ2n) is 6.35. The summed E-state index contributed by atoms with van der Waals surface area (Å²) < 4.78 is 21.9. The topological polar surface area (TPSA) is 137 Å². The lowest BCUT2D eigenvalue weighted by Gasteiger charge is -2.33. The van der Waals surface area contributed by atoms with Gasteiger partial charge in [-0.3, -0.25) is 0 Å². The van der Waals surface area contributed by atoms with Gasteiger partial charge in [0, 0.05) is 0 Å². The predicted molar refractivity (Wildman–Crippen MR) is 106 cm³/mol. The summed E-state index contributed by atoms with van der Waals surface area (Å²) in [7, 11) is 0. The number of nitriles is 3. The number of ether oxygens (including phenoxy) is 4. The summed E-state index contributed by atoms with van der Waals surface area (Å²) in [6, 6.07) is 15.2. The van der Waals surface area contributed by atoms with Gasteiger partial charge in [-0.05, 0) is 5.56 Å². The minimum absolute atomic E-state index is 0.00816. The highest BCUT2D eigenvalue weighted by Gasteiger charge is 2.34. The molecule has 1 rings (SSSR count). The number of nitrogens with one attached hydrogen (secondary N) is 1. The van der Waals surface area contributed by atoms with Crippen LogP contribution in [0, 0.1) is 34.0 Å². The molecule has 0 aliphatic rings. The molecule has 30 heavy (non-hydrogen) atoms. The Labute approximate surface area is 176 Å². The number of hydrogen-bond donors (Lipinski definition) is 1. The molecule has 0 aliphatic carbocycles. The monoisotopic (exact) mass is 414 g/mol. The van der Waals surface area contributed by atoms with Gasteiger partial charge in [0.05, 0.1) is 77.1 Å². The number of amides is 1. The van der Waals surface area contributed by atoms with E-state index < -0.39 is 11.6 Å². The zero-order chi connectivity index (χ0) is 21.9. The molecule has 1 aromatic rings. The highest BCUT2D eigenvalue weighted by atomic mass is 16.6. The standard InChI is InChI=1S/C21H26N4O5/c22-9-4-12-27-16-21(17-28-13-5-10-23,18-29-14-6-11-24)25-20(26)30-15-19-7-2-1-3-8-19/h1-3,7-8H,4-6,12-18H2,(H,25,26). The summed E-state index contributed by atoms with van der Waals surface area (Å²) >= 11 is 0. The van der Waals surface area contributed by atoms with Crippen molar-refractivity contribution in [3.63, 3.8) is 0 Å². The van der Waals surface area contributed by atoms with E-state index in [1.807, 2.05) is 48.5 Å². The lowest BCUT2D eigenvalue weighted by molar-refractivity contribution is -0.0369. The normalized spacial score (nSPS) is 10.4. The number of carbonyl (C=O) groups is 1. The van der Waals surface area contributed by atoms with Crippen LogP contribution in [-0.4, -0.2) is 51.3 Å². The number of nitrogens with zero attached hydrogens (tertiary/aromatic N) is 3. The Hall–Kier alpha value is -3.16. The van der Waals surface area contributed by atoms with Crippen LogP contribution in [0.3, 0.4) is 0 Å². The number of carbonyl (C=O) groups excluding carboxylic acids is 1. The summed E-state index contributed by atoms with van der Waals surface area (Å²) in [5.74, 6) is 0. The molecule has 0 spiro atoms. The maximum absolute atomic E-state index is 12.4. The van der Waals surface area contributed by atoms with Crippen molar-refractivity contribution in [2.75, 3.05) is 39.6 Å². The van der Waals surface area contributed by atoms with E-state index in [9.17, 15) is 4.79 Å². The van der Waals surface area contributed by atoms with Crippen molar-refractivity contribution in [3.8, 4) is 18.2 Å². The smallest absolute Gasteiger partial charge is 0.408 e. The maximum Gasteiger partial charge on any atom is 0.408 e. The molecular formula is C21H26N4O5. The van der Waals surface area contributed by atoms with Gasteiger partial charge in [-0.15, -0.1) is 0 Å². The largest absolute Gasteiger partial charge is 0.445 e. The predicted octanol–water partition coefficient (Wildman–Crippen LogP) is 2.44. The van der Waals surface area contributed by atoms with Gasteiger partial charge < -0.3 is 24.3 Å². The van der Waals surface area contributed by atoms with Crippen molar-refractivity contribution in [2.45, 2.75) is 31.4 Å². The highest BCUT2D eigenvalue weighted by molar-refractivity contribution is 5.68. The van der Waals surface area contributed by atoms with Crippen LogP contribution in [-0.2, 0) is 25.6 Å². The lowest BCUT2D eigenvalue weighted by atomic mass is 10.0. The molecule has 9 heteroatoms. The van der Waals surface area contributed by atoms with Gasteiger partial charge in [-0.25, -0.2) is 4.79 Å². The molecule has 160 valence electrons. The second-order valence-corrected chi connectivity index (χ2v) is 6.35. The molecular weight excluding hydrogens is 388 g/mol. The van der Waals surface area contributed by atoms with Crippen molar-refractivity contribution in [2.24, 2.45) is 0 Å². The van der Waals surface area contributed by atoms with Crippen LogP contribution in [0.15, 0.2) is 30.3 Å². The van der Waals surface area contributed by atoms with E-state index in [4.69, 9.17) is 34.7 Å². The van der Waals surface area contributed by atoms with Gasteiger partial charge in [0.25, 0.3) is 0 Å². The maximum atomic E-state index is 12.4. The van der Waals surface area contributed by atoms with Crippen molar-refractivity contribution >= 4 is 6.09 Å². The number of benzene rings is 1. The fraction of sp³-hybridized carbons (Fsp3) is 0.524. The van der Waals surface area contributed by atoms with E-state index in [1.54, 1.807) is 0 Å². The van der Waals surface area contributed by atoms with Gasteiger partial charge in [0.15, 0.2) is 0 Å². The van der Waals surface area contributed by atoms with E-state index in [0.717, 1.165) is 5.56 Å². The average molecular weight is 414 g/mol.